The topological polar surface area (TPSA) is 64.3 Å². The minimum atomic E-state index is -0.284. The summed E-state index contributed by atoms with van der Waals surface area (Å²) in [7, 11) is 1.66. The molecule has 0 radical (unpaired) electrons. The van der Waals surface area contributed by atoms with Crippen LogP contribution in [-0.4, -0.2) is 19.6 Å². The Hall–Kier alpha value is -2.04. The fourth-order valence-electron chi connectivity index (χ4n) is 2.58. The highest BCUT2D eigenvalue weighted by atomic mass is 35.5. The fraction of sp³-hybridized carbons (Fsp3) is 0.350. The van der Waals surface area contributed by atoms with Crippen LogP contribution in [-0.2, 0) is 11.2 Å². The smallest absolute Gasteiger partial charge is 0.224 e. The van der Waals surface area contributed by atoms with E-state index in [1.165, 1.54) is 5.56 Å². The minimum absolute atomic E-state index is 0. The number of hydrogen-bond donors (Lipinski definition) is 2. The van der Waals surface area contributed by atoms with Crippen molar-refractivity contribution in [2.75, 3.05) is 13.7 Å². The lowest BCUT2D eigenvalue weighted by molar-refractivity contribution is -0.125. The van der Waals surface area contributed by atoms with Crippen LogP contribution in [0.1, 0.15) is 30.5 Å². The molecule has 0 aromatic heterocycles. The van der Waals surface area contributed by atoms with Crippen molar-refractivity contribution in [3.63, 3.8) is 0 Å². The van der Waals surface area contributed by atoms with E-state index in [0.29, 0.717) is 6.54 Å². The van der Waals surface area contributed by atoms with E-state index in [-0.39, 0.29) is 30.3 Å². The third-order valence-corrected chi connectivity index (χ3v) is 4.24. The van der Waals surface area contributed by atoms with Gasteiger partial charge in [-0.3, -0.25) is 4.79 Å². The van der Waals surface area contributed by atoms with E-state index in [9.17, 15) is 4.79 Å². The third-order valence-electron chi connectivity index (χ3n) is 4.24. The average molecular weight is 363 g/mol. The van der Waals surface area contributed by atoms with Crippen LogP contribution in [0.3, 0.4) is 0 Å². The summed E-state index contributed by atoms with van der Waals surface area (Å²) in [4.78, 5) is 12.2. The van der Waals surface area contributed by atoms with Crippen LogP contribution in [0.2, 0.25) is 0 Å². The summed E-state index contributed by atoms with van der Waals surface area (Å²) in [5.74, 6) is 0.602. The van der Waals surface area contributed by atoms with E-state index in [1.54, 1.807) is 7.11 Å². The third kappa shape index (κ3) is 6.40. The predicted octanol–water partition coefficient (Wildman–Crippen LogP) is 3.50. The van der Waals surface area contributed by atoms with Crippen LogP contribution in [0, 0.1) is 5.92 Å². The molecular weight excluding hydrogens is 336 g/mol. The second-order valence-corrected chi connectivity index (χ2v) is 5.97. The van der Waals surface area contributed by atoms with E-state index in [1.807, 2.05) is 49.4 Å². The van der Waals surface area contributed by atoms with Crippen molar-refractivity contribution in [3.05, 3.63) is 65.7 Å². The van der Waals surface area contributed by atoms with Crippen LogP contribution < -0.4 is 15.8 Å². The number of benzene rings is 2. The SMILES string of the molecule is COc1ccc(CCCNC(=O)C(C)C(N)c2ccccc2)cc1.Cl. The van der Waals surface area contributed by atoms with Gasteiger partial charge < -0.3 is 15.8 Å². The zero-order chi connectivity index (χ0) is 17.4. The van der Waals surface area contributed by atoms with Gasteiger partial charge in [0.15, 0.2) is 0 Å². The number of aryl methyl sites for hydroxylation is 1. The van der Waals surface area contributed by atoms with Gasteiger partial charge in [-0.2, -0.15) is 0 Å². The first-order valence-corrected chi connectivity index (χ1v) is 8.33. The number of amides is 1. The average Bonchev–Trinajstić information content (AvgIpc) is 2.65. The number of methoxy groups -OCH3 is 1. The molecule has 4 nitrogen and oxygen atoms in total. The van der Waals surface area contributed by atoms with E-state index in [0.717, 1.165) is 24.2 Å². The fourth-order valence-corrected chi connectivity index (χ4v) is 2.58. The Balaban J connectivity index is 0.00000312. The van der Waals surface area contributed by atoms with Crippen molar-refractivity contribution >= 4 is 18.3 Å². The quantitative estimate of drug-likeness (QED) is 0.706. The number of nitrogens with one attached hydrogen (secondary N) is 1. The highest BCUT2D eigenvalue weighted by Crippen LogP contribution is 2.19. The van der Waals surface area contributed by atoms with Crippen LogP contribution in [0.25, 0.3) is 0 Å². The summed E-state index contributed by atoms with van der Waals surface area (Å²) in [6.45, 7) is 2.52. The molecule has 0 bridgehead atoms. The van der Waals surface area contributed by atoms with Gasteiger partial charge in [-0.1, -0.05) is 49.4 Å². The summed E-state index contributed by atoms with van der Waals surface area (Å²) in [5, 5.41) is 2.98. The summed E-state index contributed by atoms with van der Waals surface area (Å²) < 4.78 is 5.14. The molecule has 0 aliphatic heterocycles. The van der Waals surface area contributed by atoms with Crippen molar-refractivity contribution in [2.24, 2.45) is 11.7 Å². The maximum atomic E-state index is 12.2. The van der Waals surface area contributed by atoms with Crippen molar-refractivity contribution in [1.29, 1.82) is 0 Å². The van der Waals surface area contributed by atoms with Gasteiger partial charge in [0.1, 0.15) is 5.75 Å². The van der Waals surface area contributed by atoms with E-state index in [4.69, 9.17) is 10.5 Å². The predicted molar refractivity (Wildman–Crippen MR) is 104 cm³/mol. The zero-order valence-electron chi connectivity index (χ0n) is 14.8. The standard InChI is InChI=1S/C20H26N2O2.ClH/c1-15(19(21)17-8-4-3-5-9-17)20(23)22-14-6-7-16-10-12-18(24-2)13-11-16;/h3-5,8-13,15,19H,6-7,14,21H2,1-2H3,(H,22,23);1H. The van der Waals surface area contributed by atoms with Crippen molar-refractivity contribution in [3.8, 4) is 5.75 Å². The molecule has 2 atom stereocenters. The summed E-state index contributed by atoms with van der Waals surface area (Å²) in [6, 6.07) is 17.5. The molecule has 3 N–H and O–H groups in total. The normalized spacial score (nSPS) is 12.6. The first-order chi connectivity index (χ1) is 11.6. The number of ether oxygens (including phenoxy) is 1. The van der Waals surface area contributed by atoms with Gasteiger partial charge in [0, 0.05) is 12.6 Å². The maximum absolute atomic E-state index is 12.2. The second kappa shape index (κ2) is 10.7. The molecule has 0 saturated carbocycles. The van der Waals surface area contributed by atoms with Gasteiger partial charge in [-0.05, 0) is 36.1 Å². The van der Waals surface area contributed by atoms with E-state index in [2.05, 4.69) is 17.4 Å². The van der Waals surface area contributed by atoms with Crippen LogP contribution in [0.4, 0.5) is 0 Å². The number of rotatable bonds is 8. The van der Waals surface area contributed by atoms with Crippen LogP contribution in [0.15, 0.2) is 54.6 Å². The number of hydrogen-bond acceptors (Lipinski definition) is 3. The molecule has 25 heavy (non-hydrogen) atoms. The van der Waals surface area contributed by atoms with Gasteiger partial charge in [-0.15, -0.1) is 12.4 Å². The molecule has 136 valence electrons. The van der Waals surface area contributed by atoms with Crippen LogP contribution >= 0.6 is 12.4 Å². The highest BCUT2D eigenvalue weighted by molar-refractivity contribution is 5.85. The lowest BCUT2D eigenvalue weighted by atomic mass is 9.94. The number of carbonyl (C=O) groups is 1. The molecule has 5 heteroatoms. The van der Waals surface area contributed by atoms with Crippen molar-refractivity contribution in [2.45, 2.75) is 25.8 Å². The molecule has 0 saturated heterocycles. The Labute approximate surface area is 156 Å². The summed E-state index contributed by atoms with van der Waals surface area (Å²) >= 11 is 0. The Morgan fingerprint density at radius 1 is 1.12 bits per heavy atom. The first-order valence-electron chi connectivity index (χ1n) is 8.33. The molecule has 2 aromatic rings. The molecule has 0 spiro atoms. The van der Waals surface area contributed by atoms with Crippen molar-refractivity contribution in [1.82, 2.24) is 5.32 Å². The number of carbonyl (C=O) groups excluding carboxylic acids is 1. The Kier molecular flexibility index (Phi) is 9.03. The lowest BCUT2D eigenvalue weighted by Crippen LogP contribution is -2.36. The minimum Gasteiger partial charge on any atom is -0.497 e. The molecule has 0 heterocycles. The molecule has 2 aromatic carbocycles. The molecule has 2 unspecified atom stereocenters. The number of halogens is 1. The molecule has 1 amide bonds. The lowest BCUT2D eigenvalue weighted by Gasteiger charge is -2.19. The van der Waals surface area contributed by atoms with Gasteiger partial charge in [-0.25, -0.2) is 0 Å². The largest absolute Gasteiger partial charge is 0.497 e. The van der Waals surface area contributed by atoms with E-state index < -0.39 is 0 Å². The molecular formula is C20H27ClN2O2. The van der Waals surface area contributed by atoms with Crippen LogP contribution in [0.5, 0.6) is 5.75 Å². The number of nitrogens with two attached hydrogens (primary N) is 1. The molecule has 0 fully saturated rings. The highest BCUT2D eigenvalue weighted by Gasteiger charge is 2.21. The van der Waals surface area contributed by atoms with Gasteiger partial charge in [0.05, 0.1) is 13.0 Å². The van der Waals surface area contributed by atoms with Gasteiger partial charge >= 0.3 is 0 Å². The molecule has 0 aliphatic carbocycles. The molecule has 2 rings (SSSR count). The first kappa shape index (κ1) is 21.0. The van der Waals surface area contributed by atoms with Gasteiger partial charge in [0.25, 0.3) is 0 Å². The van der Waals surface area contributed by atoms with Crippen molar-refractivity contribution < 1.29 is 9.53 Å². The Bertz CT molecular complexity index is 632. The van der Waals surface area contributed by atoms with Gasteiger partial charge in [0.2, 0.25) is 5.91 Å². The zero-order valence-corrected chi connectivity index (χ0v) is 15.6. The monoisotopic (exact) mass is 362 g/mol. The Morgan fingerprint density at radius 2 is 1.76 bits per heavy atom. The Morgan fingerprint density at radius 3 is 2.36 bits per heavy atom. The molecule has 0 aliphatic rings. The summed E-state index contributed by atoms with van der Waals surface area (Å²) in [5.41, 5.74) is 8.41. The second-order valence-electron chi connectivity index (χ2n) is 5.97. The summed E-state index contributed by atoms with van der Waals surface area (Å²) in [6.07, 6.45) is 1.81. The van der Waals surface area contributed by atoms with E-state index >= 15 is 0 Å². The maximum Gasteiger partial charge on any atom is 0.224 e.